The van der Waals surface area contributed by atoms with Gasteiger partial charge in [0.1, 0.15) is 0 Å². The van der Waals surface area contributed by atoms with Gasteiger partial charge in [-0.25, -0.2) is 0 Å². The quantitative estimate of drug-likeness (QED) is 0.584. The summed E-state index contributed by atoms with van der Waals surface area (Å²) < 4.78 is 5.15. The van der Waals surface area contributed by atoms with Crippen molar-refractivity contribution in [3.05, 3.63) is 77.9 Å². The Hall–Kier alpha value is -2.88. The van der Waals surface area contributed by atoms with Crippen LogP contribution < -0.4 is 5.32 Å². The molecule has 0 bridgehead atoms. The highest BCUT2D eigenvalue weighted by Crippen LogP contribution is 2.13. The summed E-state index contributed by atoms with van der Waals surface area (Å²) in [4.78, 5) is 24.4. The molecule has 0 saturated heterocycles. The van der Waals surface area contributed by atoms with Crippen molar-refractivity contribution in [3.63, 3.8) is 0 Å². The zero-order valence-corrected chi connectivity index (χ0v) is 15.3. The van der Waals surface area contributed by atoms with E-state index >= 15 is 0 Å². The molecule has 1 atom stereocenters. The topological polar surface area (TPSA) is 55.4 Å². The number of benzene rings is 2. The minimum Gasteiger partial charge on any atom is -0.466 e. The number of carbonyl (C=O) groups is 2. The lowest BCUT2D eigenvalue weighted by Gasteiger charge is -2.16. The maximum absolute atomic E-state index is 12.2. The number of allylic oxidation sites excluding steroid dienone is 1. The summed E-state index contributed by atoms with van der Waals surface area (Å²) in [6.45, 7) is 4.24. The van der Waals surface area contributed by atoms with E-state index in [-0.39, 0.29) is 18.4 Å². The maximum Gasteiger partial charge on any atom is 0.311 e. The van der Waals surface area contributed by atoms with E-state index in [9.17, 15) is 9.59 Å². The standard InChI is InChI=1S/C22H25NO3/c1-3-26-22(25)20(15-18-10-6-4-7-11-18)16-23-21(24)14-17(2)19-12-8-5-9-13-19/h4-14,20H,3,15-16H2,1-2H3,(H,23,24)/b17-14+. The summed E-state index contributed by atoms with van der Waals surface area (Å²) in [6, 6.07) is 19.4. The molecule has 0 aliphatic carbocycles. The van der Waals surface area contributed by atoms with Crippen molar-refractivity contribution < 1.29 is 14.3 Å². The zero-order valence-electron chi connectivity index (χ0n) is 15.3. The minimum atomic E-state index is -0.410. The van der Waals surface area contributed by atoms with Crippen molar-refractivity contribution >= 4 is 17.4 Å². The Balaban J connectivity index is 1.99. The molecule has 2 rings (SSSR count). The second-order valence-corrected chi connectivity index (χ2v) is 6.08. The number of hydrogen-bond donors (Lipinski definition) is 1. The fraction of sp³-hybridized carbons (Fsp3) is 0.273. The van der Waals surface area contributed by atoms with E-state index in [2.05, 4.69) is 5.32 Å². The first-order valence-corrected chi connectivity index (χ1v) is 8.82. The monoisotopic (exact) mass is 351 g/mol. The molecule has 0 fully saturated rings. The molecule has 1 amide bonds. The summed E-state index contributed by atoms with van der Waals surface area (Å²) in [5, 5.41) is 2.83. The number of esters is 1. The number of nitrogens with one attached hydrogen (secondary N) is 1. The normalized spacial score (nSPS) is 12.3. The van der Waals surface area contributed by atoms with Crippen LogP contribution in [0.5, 0.6) is 0 Å². The first-order valence-electron chi connectivity index (χ1n) is 8.82. The molecule has 0 radical (unpaired) electrons. The predicted molar refractivity (Wildman–Crippen MR) is 103 cm³/mol. The van der Waals surface area contributed by atoms with Crippen LogP contribution in [0.25, 0.3) is 5.57 Å². The molecule has 0 heterocycles. The van der Waals surface area contributed by atoms with Gasteiger partial charge in [0, 0.05) is 12.6 Å². The molecule has 1 N–H and O–H groups in total. The van der Waals surface area contributed by atoms with Crippen LogP contribution in [0.2, 0.25) is 0 Å². The Labute approximate surface area is 154 Å². The molecule has 0 aliphatic heterocycles. The first-order chi connectivity index (χ1) is 12.6. The van der Waals surface area contributed by atoms with Gasteiger partial charge in [0.05, 0.1) is 12.5 Å². The highest BCUT2D eigenvalue weighted by molar-refractivity contribution is 5.95. The molecule has 136 valence electrons. The van der Waals surface area contributed by atoms with Crippen LogP contribution in [0.1, 0.15) is 25.0 Å². The Morgan fingerprint density at radius 2 is 1.65 bits per heavy atom. The lowest BCUT2D eigenvalue weighted by atomic mass is 9.99. The van der Waals surface area contributed by atoms with Crippen LogP contribution in [0.4, 0.5) is 0 Å². The Bertz CT molecular complexity index is 738. The van der Waals surface area contributed by atoms with Crippen LogP contribution in [0.3, 0.4) is 0 Å². The van der Waals surface area contributed by atoms with E-state index in [1.165, 1.54) is 0 Å². The number of amides is 1. The van der Waals surface area contributed by atoms with Crippen molar-refractivity contribution in [3.8, 4) is 0 Å². The molecule has 26 heavy (non-hydrogen) atoms. The minimum absolute atomic E-state index is 0.214. The van der Waals surface area contributed by atoms with Crippen molar-refractivity contribution in [2.75, 3.05) is 13.2 Å². The van der Waals surface area contributed by atoms with Gasteiger partial charge < -0.3 is 10.1 Å². The van der Waals surface area contributed by atoms with E-state index in [1.54, 1.807) is 13.0 Å². The molecule has 1 unspecified atom stereocenters. The average Bonchev–Trinajstić information content (AvgIpc) is 2.66. The molecular weight excluding hydrogens is 326 g/mol. The lowest BCUT2D eigenvalue weighted by molar-refractivity contribution is -0.147. The summed E-state index contributed by atoms with van der Waals surface area (Å²) in [5.41, 5.74) is 2.91. The lowest BCUT2D eigenvalue weighted by Crippen LogP contribution is -2.34. The summed E-state index contributed by atoms with van der Waals surface area (Å²) in [6.07, 6.45) is 2.08. The molecule has 0 saturated carbocycles. The van der Waals surface area contributed by atoms with E-state index < -0.39 is 5.92 Å². The number of ether oxygens (including phenoxy) is 1. The molecule has 4 nitrogen and oxygen atoms in total. The third-order valence-electron chi connectivity index (χ3n) is 4.04. The second-order valence-electron chi connectivity index (χ2n) is 6.08. The fourth-order valence-electron chi connectivity index (χ4n) is 2.65. The van der Waals surface area contributed by atoms with Gasteiger partial charge >= 0.3 is 5.97 Å². The highest BCUT2D eigenvalue weighted by atomic mass is 16.5. The first kappa shape index (κ1) is 19.4. The van der Waals surface area contributed by atoms with Gasteiger partial charge in [-0.2, -0.15) is 0 Å². The number of rotatable bonds is 8. The van der Waals surface area contributed by atoms with Gasteiger partial charge in [-0.15, -0.1) is 0 Å². The Morgan fingerprint density at radius 3 is 2.27 bits per heavy atom. The van der Waals surface area contributed by atoms with E-state index in [0.29, 0.717) is 13.0 Å². The summed E-state index contributed by atoms with van der Waals surface area (Å²) in [7, 11) is 0. The molecule has 0 spiro atoms. The van der Waals surface area contributed by atoms with Crippen LogP contribution in [0, 0.1) is 5.92 Å². The highest BCUT2D eigenvalue weighted by Gasteiger charge is 2.20. The molecule has 2 aromatic rings. The SMILES string of the molecule is CCOC(=O)C(CNC(=O)/C=C(\C)c1ccccc1)Cc1ccccc1. The third kappa shape index (κ3) is 6.20. The Kier molecular flexibility index (Phi) is 7.62. The van der Waals surface area contributed by atoms with Gasteiger partial charge in [0.15, 0.2) is 0 Å². The molecule has 4 heteroatoms. The average molecular weight is 351 g/mol. The van der Waals surface area contributed by atoms with E-state index in [4.69, 9.17) is 4.74 Å². The predicted octanol–water partition coefficient (Wildman–Crippen LogP) is 3.63. The van der Waals surface area contributed by atoms with Crippen molar-refractivity contribution in [2.24, 2.45) is 5.92 Å². The van der Waals surface area contributed by atoms with Gasteiger partial charge in [-0.05, 0) is 37.0 Å². The smallest absolute Gasteiger partial charge is 0.311 e. The van der Waals surface area contributed by atoms with Gasteiger partial charge in [0.25, 0.3) is 0 Å². The summed E-state index contributed by atoms with van der Waals surface area (Å²) >= 11 is 0. The molecular formula is C22H25NO3. The van der Waals surface area contributed by atoms with Crippen molar-refractivity contribution in [1.82, 2.24) is 5.32 Å². The molecule has 0 aliphatic rings. The van der Waals surface area contributed by atoms with Gasteiger partial charge in [0.2, 0.25) is 5.91 Å². The van der Waals surface area contributed by atoms with Gasteiger partial charge in [-0.1, -0.05) is 60.7 Å². The second kappa shape index (κ2) is 10.2. The largest absolute Gasteiger partial charge is 0.466 e. The van der Waals surface area contributed by atoms with Crippen LogP contribution in [-0.2, 0) is 20.7 Å². The summed E-state index contributed by atoms with van der Waals surface area (Å²) in [5.74, 6) is -0.916. The van der Waals surface area contributed by atoms with Crippen LogP contribution in [0.15, 0.2) is 66.7 Å². The number of carbonyl (C=O) groups excluding carboxylic acids is 2. The van der Waals surface area contributed by atoms with E-state index in [0.717, 1.165) is 16.7 Å². The molecule has 0 aromatic heterocycles. The third-order valence-corrected chi connectivity index (χ3v) is 4.04. The maximum atomic E-state index is 12.2. The van der Waals surface area contributed by atoms with Crippen molar-refractivity contribution in [2.45, 2.75) is 20.3 Å². The number of hydrogen-bond acceptors (Lipinski definition) is 3. The molecule has 2 aromatic carbocycles. The van der Waals surface area contributed by atoms with Crippen molar-refractivity contribution in [1.29, 1.82) is 0 Å². The van der Waals surface area contributed by atoms with Gasteiger partial charge in [-0.3, -0.25) is 9.59 Å². The Morgan fingerprint density at radius 1 is 1.04 bits per heavy atom. The van der Waals surface area contributed by atoms with Crippen LogP contribution in [-0.4, -0.2) is 25.0 Å². The fourth-order valence-corrected chi connectivity index (χ4v) is 2.65. The van der Waals surface area contributed by atoms with E-state index in [1.807, 2.05) is 67.6 Å². The van der Waals surface area contributed by atoms with Crippen LogP contribution >= 0.6 is 0 Å². The zero-order chi connectivity index (χ0) is 18.8.